The van der Waals surface area contributed by atoms with E-state index in [1.165, 1.54) is 5.84 Å². The van der Waals surface area contributed by atoms with Crippen LogP contribution in [0, 0.1) is 0 Å². The van der Waals surface area contributed by atoms with Gasteiger partial charge in [-0.2, -0.15) is 0 Å². The lowest BCUT2D eigenvalue weighted by molar-refractivity contribution is 0.385. The maximum absolute atomic E-state index is 4.80. The highest BCUT2D eigenvalue weighted by Crippen LogP contribution is 2.11. The topological polar surface area (TPSA) is 15.6 Å². The van der Waals surface area contributed by atoms with E-state index in [0.717, 1.165) is 19.4 Å². The zero-order valence-electron chi connectivity index (χ0n) is 11.0. The minimum Gasteiger partial charge on any atom is -0.354 e. The number of rotatable bonds is 3. The number of allylic oxidation sites excluding steroid dienone is 2. The number of hydrogen-bond donors (Lipinski definition) is 0. The first-order valence-electron chi connectivity index (χ1n) is 6.37. The van der Waals surface area contributed by atoms with Gasteiger partial charge in [0.25, 0.3) is 0 Å². The van der Waals surface area contributed by atoms with E-state index in [2.05, 4.69) is 56.9 Å². The molecule has 0 aliphatic carbocycles. The molecular formula is C14H24N2. The molecule has 0 amide bonds. The second kappa shape index (κ2) is 6.51. The molecule has 1 aliphatic rings. The lowest BCUT2D eigenvalue weighted by atomic mass is 10.2. The summed E-state index contributed by atoms with van der Waals surface area (Å²) in [5, 5.41) is 0. The molecule has 16 heavy (non-hydrogen) atoms. The second-order valence-electron chi connectivity index (χ2n) is 4.33. The minimum absolute atomic E-state index is 0.283. The maximum atomic E-state index is 4.80. The van der Waals surface area contributed by atoms with Crippen molar-refractivity contribution >= 4 is 5.84 Å². The van der Waals surface area contributed by atoms with Crippen LogP contribution < -0.4 is 0 Å². The van der Waals surface area contributed by atoms with E-state index in [1.807, 2.05) is 0 Å². The summed E-state index contributed by atoms with van der Waals surface area (Å²) in [4.78, 5) is 7.20. The Morgan fingerprint density at radius 1 is 1.19 bits per heavy atom. The first-order chi connectivity index (χ1) is 7.69. The molecular weight excluding hydrogens is 196 g/mol. The molecule has 0 fully saturated rings. The van der Waals surface area contributed by atoms with Crippen molar-refractivity contribution in [1.82, 2.24) is 4.90 Å². The van der Waals surface area contributed by atoms with E-state index in [1.54, 1.807) is 0 Å². The summed E-state index contributed by atoms with van der Waals surface area (Å²) in [6.45, 7) is 9.81. The number of likely N-dealkylation sites (N-methyl/N-ethyl adjacent to an activating group) is 1. The molecule has 0 saturated heterocycles. The fourth-order valence-electron chi connectivity index (χ4n) is 2.04. The average molecular weight is 220 g/mol. The monoisotopic (exact) mass is 220 g/mol. The molecule has 2 nitrogen and oxygen atoms in total. The summed E-state index contributed by atoms with van der Waals surface area (Å²) in [5.41, 5.74) is 0. The van der Waals surface area contributed by atoms with Gasteiger partial charge < -0.3 is 4.90 Å². The first kappa shape index (κ1) is 13.0. The lowest BCUT2D eigenvalue weighted by Gasteiger charge is -2.29. The van der Waals surface area contributed by atoms with Gasteiger partial charge in [0.1, 0.15) is 5.84 Å². The van der Waals surface area contributed by atoms with Crippen LogP contribution in [-0.4, -0.2) is 29.4 Å². The van der Waals surface area contributed by atoms with Gasteiger partial charge in [-0.3, -0.25) is 4.99 Å². The molecule has 2 unspecified atom stereocenters. The van der Waals surface area contributed by atoms with Gasteiger partial charge in [-0.25, -0.2) is 0 Å². The maximum Gasteiger partial charge on any atom is 0.100 e. The highest BCUT2D eigenvalue weighted by Gasteiger charge is 2.14. The van der Waals surface area contributed by atoms with Crippen molar-refractivity contribution in [2.24, 2.45) is 4.99 Å². The van der Waals surface area contributed by atoms with Crippen molar-refractivity contribution in [3.05, 3.63) is 24.3 Å². The minimum atomic E-state index is 0.283. The fraction of sp³-hybridized carbons (Fsp3) is 0.643. The van der Waals surface area contributed by atoms with E-state index in [9.17, 15) is 0 Å². The molecule has 1 heterocycles. The van der Waals surface area contributed by atoms with Crippen LogP contribution in [0.25, 0.3) is 0 Å². The van der Waals surface area contributed by atoms with E-state index in [-0.39, 0.29) is 6.04 Å². The quantitative estimate of drug-likeness (QED) is 0.711. The molecule has 0 aromatic rings. The first-order valence-corrected chi connectivity index (χ1v) is 6.37. The Morgan fingerprint density at radius 2 is 1.88 bits per heavy atom. The predicted octanol–water partition coefficient (Wildman–Crippen LogP) is 3.41. The van der Waals surface area contributed by atoms with Crippen LogP contribution in [0.5, 0.6) is 0 Å². The third-order valence-corrected chi connectivity index (χ3v) is 2.88. The molecule has 1 rings (SSSR count). The van der Waals surface area contributed by atoms with Gasteiger partial charge in [0, 0.05) is 19.0 Å². The molecule has 0 radical (unpaired) electrons. The number of nitrogens with zero attached hydrogens (tertiary/aromatic N) is 2. The predicted molar refractivity (Wildman–Crippen MR) is 71.9 cm³/mol. The van der Waals surface area contributed by atoms with Gasteiger partial charge in [-0.05, 0) is 27.2 Å². The van der Waals surface area contributed by atoms with Crippen LogP contribution in [-0.2, 0) is 0 Å². The van der Waals surface area contributed by atoms with E-state index < -0.39 is 0 Å². The highest BCUT2D eigenvalue weighted by atomic mass is 15.2. The molecule has 0 aromatic carbocycles. The Labute approximate surface area is 99.8 Å². The van der Waals surface area contributed by atoms with Crippen LogP contribution in [0.2, 0.25) is 0 Å². The van der Waals surface area contributed by atoms with Crippen molar-refractivity contribution in [3.63, 3.8) is 0 Å². The van der Waals surface area contributed by atoms with E-state index in [0.29, 0.717) is 6.04 Å². The lowest BCUT2D eigenvalue weighted by Crippen LogP contribution is -2.37. The van der Waals surface area contributed by atoms with Crippen molar-refractivity contribution in [2.75, 3.05) is 6.54 Å². The van der Waals surface area contributed by atoms with Crippen molar-refractivity contribution in [1.29, 1.82) is 0 Å². The zero-order valence-corrected chi connectivity index (χ0v) is 11.0. The van der Waals surface area contributed by atoms with Gasteiger partial charge in [0.15, 0.2) is 0 Å². The molecule has 2 atom stereocenters. The Balaban J connectivity index is 2.98. The van der Waals surface area contributed by atoms with Crippen molar-refractivity contribution in [2.45, 2.75) is 52.6 Å². The van der Waals surface area contributed by atoms with Crippen LogP contribution in [0.3, 0.4) is 0 Å². The molecule has 0 N–H and O–H groups in total. The smallest absolute Gasteiger partial charge is 0.100 e. The Morgan fingerprint density at radius 3 is 2.50 bits per heavy atom. The van der Waals surface area contributed by atoms with Gasteiger partial charge in [-0.1, -0.05) is 31.2 Å². The average Bonchev–Trinajstić information content (AvgIpc) is 2.30. The highest BCUT2D eigenvalue weighted by molar-refractivity contribution is 5.83. The second-order valence-corrected chi connectivity index (χ2v) is 4.33. The summed E-state index contributed by atoms with van der Waals surface area (Å²) >= 11 is 0. The molecule has 1 aliphatic heterocycles. The normalized spacial score (nSPS) is 30.0. The van der Waals surface area contributed by atoms with Crippen molar-refractivity contribution in [3.8, 4) is 0 Å². The fourth-order valence-corrected chi connectivity index (χ4v) is 2.04. The summed E-state index contributed by atoms with van der Waals surface area (Å²) in [7, 11) is 0. The number of amidine groups is 1. The molecule has 90 valence electrons. The molecule has 0 aromatic heterocycles. The number of hydrogen-bond acceptors (Lipinski definition) is 2. The van der Waals surface area contributed by atoms with Gasteiger partial charge in [-0.15, -0.1) is 0 Å². The summed E-state index contributed by atoms with van der Waals surface area (Å²) < 4.78 is 0. The molecule has 2 heteroatoms. The Kier molecular flexibility index (Phi) is 5.30. The van der Waals surface area contributed by atoms with E-state index >= 15 is 0 Å². The van der Waals surface area contributed by atoms with Crippen LogP contribution >= 0.6 is 0 Å². The SMILES string of the molecule is CCCC1=NC(C)/C=C\C=C/C(C)N1CC. The largest absolute Gasteiger partial charge is 0.354 e. The van der Waals surface area contributed by atoms with E-state index in [4.69, 9.17) is 4.99 Å². The van der Waals surface area contributed by atoms with Crippen LogP contribution in [0.1, 0.15) is 40.5 Å². The Hall–Kier alpha value is -1.05. The van der Waals surface area contributed by atoms with Crippen LogP contribution in [0.15, 0.2) is 29.3 Å². The van der Waals surface area contributed by atoms with Gasteiger partial charge in [0.05, 0.1) is 6.04 Å². The summed E-state index contributed by atoms with van der Waals surface area (Å²) in [5.74, 6) is 1.25. The summed E-state index contributed by atoms with van der Waals surface area (Å²) in [6.07, 6.45) is 10.9. The van der Waals surface area contributed by atoms with Crippen LogP contribution in [0.4, 0.5) is 0 Å². The van der Waals surface area contributed by atoms with Gasteiger partial charge >= 0.3 is 0 Å². The van der Waals surface area contributed by atoms with Crippen molar-refractivity contribution < 1.29 is 0 Å². The third kappa shape index (κ3) is 3.51. The molecule has 0 bridgehead atoms. The molecule has 0 spiro atoms. The Bertz CT molecular complexity index is 289. The molecule has 0 saturated carbocycles. The summed E-state index contributed by atoms with van der Waals surface area (Å²) in [6, 6.07) is 0.718. The zero-order chi connectivity index (χ0) is 12.0. The third-order valence-electron chi connectivity index (χ3n) is 2.88. The van der Waals surface area contributed by atoms with Gasteiger partial charge in [0.2, 0.25) is 0 Å². The number of aliphatic imine (C=N–C) groups is 1. The standard InChI is InChI=1S/C14H24N2/c1-5-9-14-15-12(3)10-7-8-11-13(4)16(14)6-2/h7-8,10-13H,5-6,9H2,1-4H3/b10-7-,11-8-,15-14?.